The zero-order valence-electron chi connectivity index (χ0n) is 12.6. The van der Waals surface area contributed by atoms with Gasteiger partial charge in [0.15, 0.2) is 0 Å². The van der Waals surface area contributed by atoms with E-state index >= 15 is 0 Å². The topological polar surface area (TPSA) is 63.4 Å². The lowest BCUT2D eigenvalue weighted by Gasteiger charge is -2.24. The molecule has 0 bridgehead atoms. The summed E-state index contributed by atoms with van der Waals surface area (Å²) in [5, 5.41) is 11.5. The lowest BCUT2D eigenvalue weighted by Crippen LogP contribution is -2.36. The quantitative estimate of drug-likeness (QED) is 0.736. The molecule has 0 saturated carbocycles. The molecule has 6 nitrogen and oxygen atoms in total. The van der Waals surface area contributed by atoms with Gasteiger partial charge in [0.2, 0.25) is 5.89 Å². The predicted molar refractivity (Wildman–Crippen MR) is 75.2 cm³/mol. The summed E-state index contributed by atoms with van der Waals surface area (Å²) in [6.07, 6.45) is 0. The van der Waals surface area contributed by atoms with Gasteiger partial charge in [-0.15, -0.1) is 5.10 Å². The van der Waals surface area contributed by atoms with E-state index in [0.717, 1.165) is 13.1 Å². The van der Waals surface area contributed by atoms with Crippen LogP contribution in [0.4, 0.5) is 6.01 Å². The van der Waals surface area contributed by atoms with E-state index in [1.165, 1.54) is 0 Å². The smallest absolute Gasteiger partial charge is 0.318 e. The molecule has 6 heteroatoms. The van der Waals surface area contributed by atoms with Gasteiger partial charge in [-0.05, 0) is 26.3 Å². The summed E-state index contributed by atoms with van der Waals surface area (Å²) in [4.78, 5) is 2.04. The Kier molecular flexibility index (Phi) is 6.80. The van der Waals surface area contributed by atoms with Gasteiger partial charge in [-0.25, -0.2) is 0 Å². The first-order valence-corrected chi connectivity index (χ1v) is 6.87. The fourth-order valence-corrected chi connectivity index (χ4v) is 1.87. The number of hydrogen-bond acceptors (Lipinski definition) is 6. The largest absolute Gasteiger partial charge is 0.407 e. The fraction of sp³-hybridized carbons (Fsp3) is 0.846. The molecule has 0 fully saturated rings. The highest BCUT2D eigenvalue weighted by Gasteiger charge is 2.18. The van der Waals surface area contributed by atoms with Gasteiger partial charge < -0.3 is 19.4 Å². The van der Waals surface area contributed by atoms with Crippen LogP contribution < -0.4 is 10.2 Å². The summed E-state index contributed by atoms with van der Waals surface area (Å²) in [6, 6.07) is 0.778. The molecule has 0 radical (unpaired) electrons. The van der Waals surface area contributed by atoms with Gasteiger partial charge in [0.1, 0.15) is 0 Å². The number of anilines is 1. The Morgan fingerprint density at radius 2 is 2.05 bits per heavy atom. The molecule has 1 atom stereocenters. The maximum atomic E-state index is 5.67. The molecule has 0 amide bonds. The van der Waals surface area contributed by atoms with Crippen LogP contribution in [0.5, 0.6) is 0 Å². The molecule has 110 valence electrons. The Hall–Kier alpha value is -1.14. The number of likely N-dealkylation sites (N-methyl/N-ethyl adjacent to an activating group) is 1. The second kappa shape index (κ2) is 8.12. The SMILES string of the molecule is CCN(c1nnc(CNCC(C)C)o1)C(C)COC. The average Bonchev–Trinajstić information content (AvgIpc) is 2.78. The summed E-state index contributed by atoms with van der Waals surface area (Å²) < 4.78 is 10.8. The van der Waals surface area contributed by atoms with Crippen LogP contribution in [-0.2, 0) is 11.3 Å². The third-order valence-electron chi connectivity index (χ3n) is 2.81. The first-order chi connectivity index (χ1) is 9.08. The molecule has 1 aromatic rings. The van der Waals surface area contributed by atoms with E-state index in [2.05, 4.69) is 43.2 Å². The standard InChI is InChI=1S/C13H26N4O2/c1-6-17(11(4)9-18-5)13-16-15-12(19-13)8-14-7-10(2)3/h10-11,14H,6-9H2,1-5H3. The van der Waals surface area contributed by atoms with Crippen LogP contribution in [-0.4, -0.2) is 43.0 Å². The van der Waals surface area contributed by atoms with E-state index in [-0.39, 0.29) is 6.04 Å². The molecule has 1 rings (SSSR count). The summed E-state index contributed by atoms with van der Waals surface area (Å²) in [5.41, 5.74) is 0. The Morgan fingerprint density at radius 3 is 2.63 bits per heavy atom. The fourth-order valence-electron chi connectivity index (χ4n) is 1.87. The van der Waals surface area contributed by atoms with Gasteiger partial charge in [-0.3, -0.25) is 0 Å². The van der Waals surface area contributed by atoms with Crippen LogP contribution in [0.15, 0.2) is 4.42 Å². The molecule has 0 aromatic carbocycles. The van der Waals surface area contributed by atoms with Crippen LogP contribution >= 0.6 is 0 Å². The predicted octanol–water partition coefficient (Wildman–Crippen LogP) is 1.68. The number of ether oxygens (including phenoxy) is 1. The molecule has 0 saturated heterocycles. The first-order valence-electron chi connectivity index (χ1n) is 6.87. The number of hydrogen-bond donors (Lipinski definition) is 1. The Bertz CT molecular complexity index is 354. The lowest BCUT2D eigenvalue weighted by atomic mass is 10.2. The minimum absolute atomic E-state index is 0.215. The molecule has 1 unspecified atom stereocenters. The van der Waals surface area contributed by atoms with Gasteiger partial charge in [-0.1, -0.05) is 18.9 Å². The van der Waals surface area contributed by atoms with Crippen molar-refractivity contribution < 1.29 is 9.15 Å². The average molecular weight is 270 g/mol. The summed E-state index contributed by atoms with van der Waals surface area (Å²) in [6.45, 7) is 11.5. The van der Waals surface area contributed by atoms with E-state index in [4.69, 9.17) is 9.15 Å². The Labute approximate surface area is 115 Å². The van der Waals surface area contributed by atoms with E-state index in [1.54, 1.807) is 7.11 Å². The maximum absolute atomic E-state index is 5.67. The minimum atomic E-state index is 0.215. The number of aromatic nitrogens is 2. The van der Waals surface area contributed by atoms with Crippen molar-refractivity contribution in [2.75, 3.05) is 31.7 Å². The molecular formula is C13H26N4O2. The highest BCUT2D eigenvalue weighted by atomic mass is 16.5. The van der Waals surface area contributed by atoms with E-state index in [0.29, 0.717) is 31.0 Å². The van der Waals surface area contributed by atoms with Crippen molar-refractivity contribution >= 4 is 6.01 Å². The molecule has 1 aromatic heterocycles. The van der Waals surface area contributed by atoms with Gasteiger partial charge in [0.05, 0.1) is 19.2 Å². The Morgan fingerprint density at radius 1 is 1.32 bits per heavy atom. The number of methoxy groups -OCH3 is 1. The van der Waals surface area contributed by atoms with Gasteiger partial charge >= 0.3 is 6.01 Å². The number of nitrogens with zero attached hydrogens (tertiary/aromatic N) is 3. The second-order valence-corrected chi connectivity index (χ2v) is 5.09. The second-order valence-electron chi connectivity index (χ2n) is 5.09. The van der Waals surface area contributed by atoms with Crippen molar-refractivity contribution in [1.82, 2.24) is 15.5 Å². The van der Waals surface area contributed by atoms with Gasteiger partial charge in [0.25, 0.3) is 0 Å². The van der Waals surface area contributed by atoms with Gasteiger partial charge in [0, 0.05) is 13.7 Å². The lowest BCUT2D eigenvalue weighted by molar-refractivity contribution is 0.180. The van der Waals surface area contributed by atoms with E-state index < -0.39 is 0 Å². The van der Waals surface area contributed by atoms with Crippen LogP contribution in [0, 0.1) is 5.92 Å². The molecule has 1 N–H and O–H groups in total. The van der Waals surface area contributed by atoms with Crippen molar-refractivity contribution in [3.8, 4) is 0 Å². The van der Waals surface area contributed by atoms with Crippen LogP contribution in [0.3, 0.4) is 0 Å². The zero-order chi connectivity index (χ0) is 14.3. The molecular weight excluding hydrogens is 244 g/mol. The van der Waals surface area contributed by atoms with Crippen molar-refractivity contribution in [2.24, 2.45) is 5.92 Å². The van der Waals surface area contributed by atoms with Crippen molar-refractivity contribution in [3.05, 3.63) is 5.89 Å². The van der Waals surface area contributed by atoms with Gasteiger partial charge in [-0.2, -0.15) is 0 Å². The number of nitrogens with one attached hydrogen (secondary N) is 1. The molecule has 0 aliphatic heterocycles. The van der Waals surface area contributed by atoms with Crippen molar-refractivity contribution in [1.29, 1.82) is 0 Å². The van der Waals surface area contributed by atoms with E-state index in [1.807, 2.05) is 4.90 Å². The third-order valence-corrected chi connectivity index (χ3v) is 2.81. The summed E-state index contributed by atoms with van der Waals surface area (Å²) >= 11 is 0. The van der Waals surface area contributed by atoms with Crippen LogP contribution in [0.2, 0.25) is 0 Å². The highest BCUT2D eigenvalue weighted by molar-refractivity contribution is 5.25. The summed E-state index contributed by atoms with van der Waals surface area (Å²) in [7, 11) is 1.69. The maximum Gasteiger partial charge on any atom is 0.318 e. The van der Waals surface area contributed by atoms with Crippen molar-refractivity contribution in [3.63, 3.8) is 0 Å². The third kappa shape index (κ3) is 5.16. The normalized spacial score (nSPS) is 12.9. The number of rotatable bonds is 9. The molecule has 0 aliphatic rings. The highest BCUT2D eigenvalue weighted by Crippen LogP contribution is 2.15. The zero-order valence-corrected chi connectivity index (χ0v) is 12.6. The van der Waals surface area contributed by atoms with Crippen LogP contribution in [0.25, 0.3) is 0 Å². The van der Waals surface area contributed by atoms with E-state index in [9.17, 15) is 0 Å². The molecule has 0 spiro atoms. The first kappa shape index (κ1) is 15.9. The molecule has 1 heterocycles. The Balaban J connectivity index is 2.56. The molecule has 19 heavy (non-hydrogen) atoms. The summed E-state index contributed by atoms with van der Waals surface area (Å²) in [5.74, 6) is 1.23. The molecule has 0 aliphatic carbocycles. The monoisotopic (exact) mass is 270 g/mol. The van der Waals surface area contributed by atoms with Crippen LogP contribution in [0.1, 0.15) is 33.6 Å². The minimum Gasteiger partial charge on any atom is -0.407 e. The van der Waals surface area contributed by atoms with Crippen molar-refractivity contribution in [2.45, 2.75) is 40.3 Å².